The molecule has 0 saturated heterocycles. The van der Waals surface area contributed by atoms with E-state index in [9.17, 15) is 0 Å². The molecule has 2 heterocycles. The minimum absolute atomic E-state index is 0.598. The maximum Gasteiger partial charge on any atom is 0.164 e. The number of rotatable bonds is 10. The van der Waals surface area contributed by atoms with Crippen LogP contribution in [-0.2, 0) is 0 Å². The van der Waals surface area contributed by atoms with Gasteiger partial charge in [-0.25, -0.2) is 15.0 Å². The number of hydrogen-bond acceptors (Lipinski definition) is 3. The van der Waals surface area contributed by atoms with Gasteiger partial charge in [-0.3, -0.25) is 0 Å². The molecular weight excluding hydrogens is 885 g/mol. The third kappa shape index (κ3) is 8.58. The lowest BCUT2D eigenvalue weighted by Gasteiger charge is -2.13. The maximum atomic E-state index is 5.30. The van der Waals surface area contributed by atoms with Gasteiger partial charge in [0.2, 0.25) is 0 Å². The van der Waals surface area contributed by atoms with Crippen LogP contribution in [0.5, 0.6) is 0 Å². The average Bonchev–Trinajstić information content (AvgIpc) is 3.82. The fraction of sp³-hybridized carbons (Fsp3) is 0. The molecule has 0 aliphatic heterocycles. The lowest BCUT2D eigenvalue weighted by atomic mass is 9.94. The van der Waals surface area contributed by atoms with E-state index in [-0.39, 0.29) is 0 Å². The molecule has 0 spiro atoms. The zero-order chi connectivity index (χ0) is 48.5. The summed E-state index contributed by atoms with van der Waals surface area (Å²) < 4.78 is 2.33. The normalized spacial score (nSPS) is 11.3. The van der Waals surface area contributed by atoms with Gasteiger partial charge in [-0.2, -0.15) is 0 Å². The van der Waals surface area contributed by atoms with Crippen molar-refractivity contribution in [3.05, 3.63) is 279 Å². The second kappa shape index (κ2) is 18.9. The van der Waals surface area contributed by atoms with Crippen LogP contribution in [0.4, 0.5) is 0 Å². The molecule has 0 saturated carbocycles. The van der Waals surface area contributed by atoms with E-state index in [4.69, 9.17) is 15.0 Å². The second-order valence-corrected chi connectivity index (χ2v) is 18.4. The Morgan fingerprint density at radius 2 is 0.438 bits per heavy atom. The molecule has 342 valence electrons. The Bertz CT molecular complexity index is 4100. The molecule has 0 aliphatic carbocycles. The van der Waals surface area contributed by atoms with Crippen LogP contribution in [0.3, 0.4) is 0 Å². The first-order valence-electron chi connectivity index (χ1n) is 24.7. The van der Waals surface area contributed by atoms with E-state index >= 15 is 0 Å². The molecule has 0 N–H and O–H groups in total. The fourth-order valence-electron chi connectivity index (χ4n) is 10.2. The number of nitrogens with zero attached hydrogens (tertiary/aromatic N) is 4. The minimum atomic E-state index is 0.598. The van der Waals surface area contributed by atoms with Crippen LogP contribution in [0.2, 0.25) is 0 Å². The summed E-state index contributed by atoms with van der Waals surface area (Å²) in [6, 6.07) is 99.1. The monoisotopic (exact) mass is 930 g/mol. The Morgan fingerprint density at radius 3 is 0.795 bits per heavy atom. The highest BCUT2D eigenvalue weighted by molar-refractivity contribution is 6.09. The van der Waals surface area contributed by atoms with E-state index in [1.807, 2.05) is 0 Å². The highest BCUT2D eigenvalue weighted by Gasteiger charge is 2.17. The summed E-state index contributed by atoms with van der Waals surface area (Å²) in [6.45, 7) is 0. The Kier molecular flexibility index (Phi) is 11.2. The molecule has 4 heteroatoms. The number of aromatic nitrogens is 4. The van der Waals surface area contributed by atoms with Gasteiger partial charge < -0.3 is 4.57 Å². The third-order valence-electron chi connectivity index (χ3n) is 13.8. The summed E-state index contributed by atoms with van der Waals surface area (Å²) in [5.74, 6) is 1.80. The Labute approximate surface area is 424 Å². The van der Waals surface area contributed by atoms with Crippen molar-refractivity contribution in [3.8, 4) is 107 Å². The predicted octanol–water partition coefficient (Wildman–Crippen LogP) is 18.0. The van der Waals surface area contributed by atoms with Crippen molar-refractivity contribution in [3.63, 3.8) is 0 Å². The van der Waals surface area contributed by atoms with Gasteiger partial charge in [0.15, 0.2) is 17.5 Å². The standard InChI is InChI=1S/C69H46N4/c1-3-18-47(19-4-1)49-22-11-24-51(40-49)53-26-13-27-54(42-53)55-28-14-29-56(43-55)58-31-16-33-60(45-58)68-70-67(59-32-15-30-57(44-59)52-25-12-23-50(41-52)48-20-5-2-6-21-48)71-69(72-68)61-34-17-35-62(46-61)73-65-38-9-7-36-63(65)64-37-8-10-39-66(64)73/h1-46H. The molecule has 0 radical (unpaired) electrons. The van der Waals surface area contributed by atoms with Gasteiger partial charge in [0.05, 0.1) is 11.0 Å². The predicted molar refractivity (Wildman–Crippen MR) is 303 cm³/mol. The van der Waals surface area contributed by atoms with E-state index in [0.717, 1.165) is 66.8 Å². The summed E-state index contributed by atoms with van der Waals surface area (Å²) in [5, 5.41) is 2.43. The third-order valence-corrected chi connectivity index (χ3v) is 13.8. The van der Waals surface area contributed by atoms with Crippen molar-refractivity contribution in [1.82, 2.24) is 19.5 Å². The number of hydrogen-bond donors (Lipinski definition) is 0. The van der Waals surface area contributed by atoms with E-state index in [2.05, 4.69) is 284 Å². The maximum absolute atomic E-state index is 5.30. The van der Waals surface area contributed by atoms with Crippen LogP contribution in [-0.4, -0.2) is 19.5 Å². The fourth-order valence-corrected chi connectivity index (χ4v) is 10.2. The van der Waals surface area contributed by atoms with Gasteiger partial charge >= 0.3 is 0 Å². The lowest BCUT2D eigenvalue weighted by molar-refractivity contribution is 1.07. The van der Waals surface area contributed by atoms with Gasteiger partial charge in [-0.15, -0.1) is 0 Å². The first kappa shape index (κ1) is 43.3. The minimum Gasteiger partial charge on any atom is -0.309 e. The first-order valence-corrected chi connectivity index (χ1v) is 24.7. The molecule has 0 bridgehead atoms. The van der Waals surface area contributed by atoms with Gasteiger partial charge in [-0.05, 0) is 127 Å². The molecule has 4 nitrogen and oxygen atoms in total. The zero-order valence-electron chi connectivity index (χ0n) is 39.8. The van der Waals surface area contributed by atoms with Gasteiger partial charge in [0.1, 0.15) is 0 Å². The Morgan fingerprint density at radius 1 is 0.192 bits per heavy atom. The van der Waals surface area contributed by atoms with Crippen molar-refractivity contribution in [1.29, 1.82) is 0 Å². The summed E-state index contributed by atoms with van der Waals surface area (Å²) in [7, 11) is 0. The van der Waals surface area contributed by atoms with Gasteiger partial charge in [0, 0.05) is 33.2 Å². The topological polar surface area (TPSA) is 43.6 Å². The molecule has 0 unspecified atom stereocenters. The molecular formula is C69H46N4. The van der Waals surface area contributed by atoms with Crippen LogP contribution in [0.15, 0.2) is 279 Å². The highest BCUT2D eigenvalue weighted by Crippen LogP contribution is 2.37. The van der Waals surface area contributed by atoms with Gasteiger partial charge in [0.25, 0.3) is 0 Å². The zero-order valence-corrected chi connectivity index (χ0v) is 39.8. The molecule has 0 aliphatic rings. The van der Waals surface area contributed by atoms with Crippen molar-refractivity contribution in [2.75, 3.05) is 0 Å². The molecule has 0 fully saturated rings. The SMILES string of the molecule is c1ccc(-c2cccc(-c3cccc(-c4cccc(-c5cccc(-c6nc(-c7cccc(-c8cccc(-c9ccccc9)c8)c7)nc(-c7cccc(-n8c9ccccc9c9ccccc98)c7)n6)c5)c4)c3)c2)cc1. The van der Waals surface area contributed by atoms with Crippen LogP contribution in [0.1, 0.15) is 0 Å². The molecule has 11 aromatic carbocycles. The summed E-state index contributed by atoms with van der Waals surface area (Å²) in [5.41, 5.74) is 19.8. The Hall–Kier alpha value is -9.77. The van der Waals surface area contributed by atoms with Crippen molar-refractivity contribution in [2.45, 2.75) is 0 Å². The van der Waals surface area contributed by atoms with Crippen molar-refractivity contribution >= 4 is 21.8 Å². The molecule has 0 amide bonds. The molecule has 2 aromatic heterocycles. The highest BCUT2D eigenvalue weighted by atomic mass is 15.0. The summed E-state index contributed by atoms with van der Waals surface area (Å²) >= 11 is 0. The summed E-state index contributed by atoms with van der Waals surface area (Å²) in [6.07, 6.45) is 0. The van der Waals surface area contributed by atoms with Crippen LogP contribution < -0.4 is 0 Å². The van der Waals surface area contributed by atoms with Gasteiger partial charge in [-0.1, -0.05) is 218 Å². The summed E-state index contributed by atoms with van der Waals surface area (Å²) in [4.78, 5) is 15.9. The lowest BCUT2D eigenvalue weighted by Crippen LogP contribution is -2.01. The molecule has 13 aromatic rings. The first-order chi connectivity index (χ1) is 36.1. The second-order valence-electron chi connectivity index (χ2n) is 18.4. The number of para-hydroxylation sites is 2. The molecule has 13 rings (SSSR count). The average molecular weight is 931 g/mol. The van der Waals surface area contributed by atoms with Crippen LogP contribution >= 0.6 is 0 Å². The van der Waals surface area contributed by atoms with Crippen molar-refractivity contribution < 1.29 is 0 Å². The van der Waals surface area contributed by atoms with Crippen LogP contribution in [0, 0.1) is 0 Å². The molecule has 0 atom stereocenters. The van der Waals surface area contributed by atoms with Crippen molar-refractivity contribution in [2.24, 2.45) is 0 Å². The van der Waals surface area contributed by atoms with E-state index in [1.54, 1.807) is 0 Å². The number of benzene rings is 11. The smallest absolute Gasteiger partial charge is 0.164 e. The quantitative estimate of drug-likeness (QED) is 0.137. The van der Waals surface area contributed by atoms with E-state index in [1.165, 1.54) is 44.2 Å². The number of fused-ring (bicyclic) bond motifs is 3. The Balaban J connectivity index is 0.896. The van der Waals surface area contributed by atoms with E-state index in [0.29, 0.717) is 17.5 Å². The van der Waals surface area contributed by atoms with E-state index < -0.39 is 0 Å². The molecule has 73 heavy (non-hydrogen) atoms. The van der Waals surface area contributed by atoms with Crippen LogP contribution in [0.25, 0.3) is 128 Å². The largest absolute Gasteiger partial charge is 0.309 e.